The maximum Gasteiger partial charge on any atom is 0.335 e. The lowest BCUT2D eigenvalue weighted by atomic mass is 10.1. The van der Waals surface area contributed by atoms with E-state index >= 15 is 0 Å². The predicted molar refractivity (Wildman–Crippen MR) is 41.6 cm³/mol. The molecule has 0 aromatic rings. The molecular weight excluding hydrogens is 160 g/mol. The van der Waals surface area contributed by atoms with Gasteiger partial charge in [-0.3, -0.25) is 0 Å². The summed E-state index contributed by atoms with van der Waals surface area (Å²) in [6, 6.07) is 0. The third-order valence-electron chi connectivity index (χ3n) is 1.80. The van der Waals surface area contributed by atoms with Crippen LogP contribution in [0.1, 0.15) is 19.8 Å². The number of rotatable bonds is 2. The Morgan fingerprint density at radius 3 is 2.92 bits per heavy atom. The van der Waals surface area contributed by atoms with Gasteiger partial charge in [0, 0.05) is 0 Å². The van der Waals surface area contributed by atoms with Gasteiger partial charge < -0.3 is 14.6 Å². The summed E-state index contributed by atoms with van der Waals surface area (Å²) in [6.45, 7) is 2.38. The molecule has 0 saturated carbocycles. The molecule has 1 aliphatic heterocycles. The molecule has 1 N–H and O–H groups in total. The lowest BCUT2D eigenvalue weighted by Crippen LogP contribution is -2.35. The minimum atomic E-state index is -0.464. The zero-order valence-corrected chi connectivity index (χ0v) is 7.16. The first kappa shape index (κ1) is 9.48. The van der Waals surface area contributed by atoms with Crippen LogP contribution in [-0.2, 0) is 14.3 Å². The molecule has 1 rings (SSSR count). The van der Waals surface area contributed by atoms with Gasteiger partial charge in [0.1, 0.15) is 0 Å². The number of hydrogen-bond donors (Lipinski definition) is 1. The Labute approximate surface area is 71.5 Å². The molecule has 1 heterocycles. The zero-order valence-electron chi connectivity index (χ0n) is 7.16. The van der Waals surface area contributed by atoms with Crippen LogP contribution >= 0.6 is 0 Å². The highest BCUT2D eigenvalue weighted by Gasteiger charge is 2.26. The molecule has 4 nitrogen and oxygen atoms in total. The van der Waals surface area contributed by atoms with E-state index in [0.717, 1.165) is 0 Å². The number of carbonyl (C=O) groups is 1. The van der Waals surface area contributed by atoms with E-state index in [1.54, 1.807) is 6.92 Å². The van der Waals surface area contributed by atoms with Crippen LogP contribution in [0.4, 0.5) is 0 Å². The minimum absolute atomic E-state index is 0.240. The van der Waals surface area contributed by atoms with E-state index in [2.05, 4.69) is 0 Å². The van der Waals surface area contributed by atoms with E-state index in [0.29, 0.717) is 19.4 Å². The van der Waals surface area contributed by atoms with Gasteiger partial charge in [0.25, 0.3) is 0 Å². The molecule has 0 amide bonds. The Hall–Kier alpha value is -0.610. The van der Waals surface area contributed by atoms with Gasteiger partial charge >= 0.3 is 5.97 Å². The fourth-order valence-corrected chi connectivity index (χ4v) is 1.16. The van der Waals surface area contributed by atoms with Crippen LogP contribution in [0.15, 0.2) is 0 Å². The quantitative estimate of drug-likeness (QED) is 0.603. The molecule has 2 atom stereocenters. The van der Waals surface area contributed by atoms with Crippen LogP contribution in [0.2, 0.25) is 0 Å². The largest absolute Gasteiger partial charge is 0.464 e. The summed E-state index contributed by atoms with van der Waals surface area (Å²) in [5.41, 5.74) is 0. The fraction of sp³-hybridized carbons (Fsp3) is 0.875. The van der Waals surface area contributed by atoms with Crippen molar-refractivity contribution in [3.63, 3.8) is 0 Å². The van der Waals surface area contributed by atoms with E-state index in [-0.39, 0.29) is 12.6 Å². The standard InChI is InChI=1S/C8H14O4/c1-2-11-8(10)7-4-3-6(9)5-12-7/h6-7,9H,2-5H2,1H3/t6-,7-/m1/s1. The van der Waals surface area contributed by atoms with E-state index < -0.39 is 12.2 Å². The van der Waals surface area contributed by atoms with Gasteiger partial charge in [-0.1, -0.05) is 0 Å². The second kappa shape index (κ2) is 4.42. The van der Waals surface area contributed by atoms with Crippen LogP contribution in [0.5, 0.6) is 0 Å². The first-order chi connectivity index (χ1) is 5.74. The highest BCUT2D eigenvalue weighted by atomic mass is 16.6. The lowest BCUT2D eigenvalue weighted by molar-refractivity contribution is -0.163. The molecule has 1 fully saturated rings. The smallest absolute Gasteiger partial charge is 0.335 e. The number of aliphatic hydroxyl groups excluding tert-OH is 1. The van der Waals surface area contributed by atoms with Gasteiger partial charge in [0.15, 0.2) is 6.10 Å². The van der Waals surface area contributed by atoms with Crippen molar-refractivity contribution < 1.29 is 19.4 Å². The Kier molecular flexibility index (Phi) is 3.49. The SMILES string of the molecule is CCOC(=O)[C@H]1CC[C@@H](O)CO1. The van der Waals surface area contributed by atoms with Crippen LogP contribution < -0.4 is 0 Å². The number of esters is 1. The number of aliphatic hydroxyl groups is 1. The van der Waals surface area contributed by atoms with Gasteiger partial charge in [-0.05, 0) is 19.8 Å². The molecule has 12 heavy (non-hydrogen) atoms. The molecule has 0 aliphatic carbocycles. The van der Waals surface area contributed by atoms with Crippen LogP contribution in [0.3, 0.4) is 0 Å². The van der Waals surface area contributed by atoms with Crippen molar-refractivity contribution >= 4 is 5.97 Å². The second-order valence-electron chi connectivity index (χ2n) is 2.81. The average molecular weight is 174 g/mol. The summed E-state index contributed by atoms with van der Waals surface area (Å²) in [6.07, 6.45) is 0.285. The average Bonchev–Trinajstić information content (AvgIpc) is 2.06. The maximum absolute atomic E-state index is 11.1. The lowest BCUT2D eigenvalue weighted by Gasteiger charge is -2.24. The van der Waals surface area contributed by atoms with E-state index in [4.69, 9.17) is 14.6 Å². The molecule has 0 spiro atoms. The third-order valence-corrected chi connectivity index (χ3v) is 1.80. The summed E-state index contributed by atoms with van der Waals surface area (Å²) in [5, 5.41) is 9.06. The van der Waals surface area contributed by atoms with Crippen molar-refractivity contribution in [2.24, 2.45) is 0 Å². The van der Waals surface area contributed by atoms with Crippen molar-refractivity contribution in [3.8, 4) is 0 Å². The predicted octanol–water partition coefficient (Wildman–Crippen LogP) is 0.0894. The summed E-state index contributed by atoms with van der Waals surface area (Å²) in [4.78, 5) is 11.1. The maximum atomic E-state index is 11.1. The van der Waals surface area contributed by atoms with Crippen molar-refractivity contribution in [3.05, 3.63) is 0 Å². The molecule has 1 saturated heterocycles. The summed E-state index contributed by atoms with van der Waals surface area (Å²) < 4.78 is 9.85. The normalized spacial score (nSPS) is 29.8. The number of hydrogen-bond acceptors (Lipinski definition) is 4. The molecular formula is C8H14O4. The highest BCUT2D eigenvalue weighted by Crippen LogP contribution is 2.14. The molecule has 0 radical (unpaired) electrons. The highest BCUT2D eigenvalue weighted by molar-refractivity contribution is 5.74. The van der Waals surface area contributed by atoms with E-state index in [1.165, 1.54) is 0 Å². The summed E-state index contributed by atoms with van der Waals surface area (Å²) in [5.74, 6) is -0.315. The monoisotopic (exact) mass is 174 g/mol. The van der Waals surface area contributed by atoms with Crippen LogP contribution in [0.25, 0.3) is 0 Å². The Balaban J connectivity index is 2.29. The fourth-order valence-electron chi connectivity index (χ4n) is 1.16. The third kappa shape index (κ3) is 2.46. The van der Waals surface area contributed by atoms with E-state index in [9.17, 15) is 4.79 Å². The van der Waals surface area contributed by atoms with Gasteiger partial charge in [0.2, 0.25) is 0 Å². The summed E-state index contributed by atoms with van der Waals surface area (Å²) >= 11 is 0. The van der Waals surface area contributed by atoms with Crippen molar-refractivity contribution in [1.82, 2.24) is 0 Å². The van der Waals surface area contributed by atoms with Gasteiger partial charge in [-0.25, -0.2) is 4.79 Å². The Bertz CT molecular complexity index is 149. The van der Waals surface area contributed by atoms with Gasteiger partial charge in [-0.2, -0.15) is 0 Å². The first-order valence-electron chi connectivity index (χ1n) is 4.20. The van der Waals surface area contributed by atoms with Crippen LogP contribution in [0, 0.1) is 0 Å². The van der Waals surface area contributed by atoms with Crippen molar-refractivity contribution in [2.45, 2.75) is 32.0 Å². The Morgan fingerprint density at radius 1 is 1.67 bits per heavy atom. The topological polar surface area (TPSA) is 55.8 Å². The van der Waals surface area contributed by atoms with Gasteiger partial charge in [-0.15, -0.1) is 0 Å². The molecule has 70 valence electrons. The molecule has 0 aromatic carbocycles. The first-order valence-corrected chi connectivity index (χ1v) is 4.20. The van der Waals surface area contributed by atoms with Crippen molar-refractivity contribution in [2.75, 3.05) is 13.2 Å². The van der Waals surface area contributed by atoms with Gasteiger partial charge in [0.05, 0.1) is 19.3 Å². The molecule has 0 aromatic heterocycles. The number of ether oxygens (including phenoxy) is 2. The van der Waals surface area contributed by atoms with Crippen LogP contribution in [-0.4, -0.2) is 36.5 Å². The molecule has 4 heteroatoms. The second-order valence-corrected chi connectivity index (χ2v) is 2.81. The number of carbonyl (C=O) groups excluding carboxylic acids is 1. The molecule has 0 bridgehead atoms. The van der Waals surface area contributed by atoms with E-state index in [1.807, 2.05) is 0 Å². The minimum Gasteiger partial charge on any atom is -0.464 e. The molecule has 1 aliphatic rings. The van der Waals surface area contributed by atoms with Crippen molar-refractivity contribution in [1.29, 1.82) is 0 Å². The molecule has 0 unspecified atom stereocenters. The Morgan fingerprint density at radius 2 is 2.42 bits per heavy atom. The summed E-state index contributed by atoms with van der Waals surface area (Å²) in [7, 11) is 0. The zero-order chi connectivity index (χ0) is 8.97.